The van der Waals surface area contributed by atoms with Crippen molar-refractivity contribution >= 4 is 5.95 Å². The van der Waals surface area contributed by atoms with E-state index >= 15 is 0 Å². The zero-order valence-electron chi connectivity index (χ0n) is 17.1. The van der Waals surface area contributed by atoms with Crippen molar-refractivity contribution in [2.24, 2.45) is 0 Å². The van der Waals surface area contributed by atoms with Crippen molar-refractivity contribution in [2.45, 2.75) is 71.9 Å². The molecular formula is C22H33FN4. The normalized spacial score (nSPS) is 23.3. The number of alkyl halides is 1. The van der Waals surface area contributed by atoms with Crippen molar-refractivity contribution in [3.8, 4) is 0 Å². The van der Waals surface area contributed by atoms with Crippen molar-refractivity contribution in [1.82, 2.24) is 15.3 Å². The van der Waals surface area contributed by atoms with E-state index in [1.165, 1.54) is 12.8 Å². The average Bonchev–Trinajstić information content (AvgIpc) is 2.60. The summed E-state index contributed by atoms with van der Waals surface area (Å²) in [5.41, 5.74) is 0.924. The number of halogens is 1. The number of hydrogen-bond acceptors (Lipinski definition) is 4. The van der Waals surface area contributed by atoms with E-state index in [9.17, 15) is 4.39 Å². The van der Waals surface area contributed by atoms with Gasteiger partial charge in [-0.25, -0.2) is 14.4 Å². The molecule has 2 heterocycles. The molecule has 27 heavy (non-hydrogen) atoms. The molecule has 0 aromatic carbocycles. The van der Waals surface area contributed by atoms with Crippen LogP contribution in [-0.4, -0.2) is 16.5 Å². The van der Waals surface area contributed by atoms with E-state index in [1.807, 2.05) is 20.8 Å². The molecule has 1 aliphatic heterocycles. The largest absolute Gasteiger partial charge is 0.371 e. The molecule has 1 atom stereocenters. The zero-order valence-corrected chi connectivity index (χ0v) is 17.1. The second-order valence-electron chi connectivity index (χ2n) is 7.39. The highest BCUT2D eigenvalue weighted by atomic mass is 19.1. The summed E-state index contributed by atoms with van der Waals surface area (Å²) >= 11 is 0. The molecule has 1 aromatic heterocycles. The maximum atomic E-state index is 14.9. The van der Waals surface area contributed by atoms with E-state index in [4.69, 9.17) is 0 Å². The van der Waals surface area contributed by atoms with Crippen molar-refractivity contribution in [3.63, 3.8) is 0 Å². The van der Waals surface area contributed by atoms with Crippen LogP contribution in [0, 0.1) is 6.92 Å². The molecule has 0 radical (unpaired) electrons. The Morgan fingerprint density at radius 1 is 1.22 bits per heavy atom. The molecule has 1 aliphatic rings. The second kappa shape index (κ2) is 10.2. The molecule has 4 nitrogen and oxygen atoms in total. The van der Waals surface area contributed by atoms with Gasteiger partial charge in [0.25, 0.3) is 0 Å². The molecule has 0 saturated heterocycles. The van der Waals surface area contributed by atoms with E-state index < -0.39 is 5.67 Å². The van der Waals surface area contributed by atoms with Crippen molar-refractivity contribution < 1.29 is 4.39 Å². The molecule has 0 fully saturated rings. The molecule has 148 valence electrons. The predicted octanol–water partition coefficient (Wildman–Crippen LogP) is 5.69. The van der Waals surface area contributed by atoms with Crippen LogP contribution < -0.4 is 10.6 Å². The summed E-state index contributed by atoms with van der Waals surface area (Å²) in [4.78, 5) is 8.88. The maximum Gasteiger partial charge on any atom is 0.228 e. The van der Waals surface area contributed by atoms with Crippen LogP contribution in [0.15, 0.2) is 41.9 Å². The highest BCUT2D eigenvalue weighted by Crippen LogP contribution is 2.32. The molecule has 1 unspecified atom stereocenters. The van der Waals surface area contributed by atoms with E-state index in [0.29, 0.717) is 23.6 Å². The van der Waals surface area contributed by atoms with Crippen LogP contribution in [0.25, 0.3) is 0 Å². The third-order valence-corrected chi connectivity index (χ3v) is 4.83. The first-order chi connectivity index (χ1) is 12.9. The molecular weight excluding hydrogens is 339 g/mol. The monoisotopic (exact) mass is 372 g/mol. The molecule has 0 amide bonds. The van der Waals surface area contributed by atoms with Gasteiger partial charge in [0.1, 0.15) is 11.5 Å². The van der Waals surface area contributed by atoms with E-state index in [2.05, 4.69) is 44.9 Å². The molecule has 0 spiro atoms. The van der Waals surface area contributed by atoms with E-state index in [1.54, 1.807) is 13.1 Å². The summed E-state index contributed by atoms with van der Waals surface area (Å²) < 4.78 is 14.9. The van der Waals surface area contributed by atoms with Gasteiger partial charge in [-0.3, -0.25) is 0 Å². The fraction of sp³-hybridized carbons (Fsp3) is 0.545. The molecule has 5 heteroatoms. The number of anilines is 1. The SMILES string of the molecule is CCCC(C)(F)c1cnc(N\C2=C(C)/C=C\C=C/CCCCCN2)nc1C. The van der Waals surface area contributed by atoms with Gasteiger partial charge < -0.3 is 10.6 Å². The molecule has 2 rings (SSSR count). The Labute approximate surface area is 163 Å². The summed E-state index contributed by atoms with van der Waals surface area (Å²) in [6.07, 6.45) is 15.9. The average molecular weight is 373 g/mol. The fourth-order valence-corrected chi connectivity index (χ4v) is 3.27. The van der Waals surface area contributed by atoms with Gasteiger partial charge in [0.15, 0.2) is 0 Å². The van der Waals surface area contributed by atoms with Gasteiger partial charge in [-0.1, -0.05) is 44.1 Å². The van der Waals surface area contributed by atoms with Crippen LogP contribution in [-0.2, 0) is 5.67 Å². The molecule has 0 aliphatic carbocycles. The topological polar surface area (TPSA) is 49.8 Å². The quantitative estimate of drug-likeness (QED) is 0.697. The summed E-state index contributed by atoms with van der Waals surface area (Å²) in [5.74, 6) is 1.38. The van der Waals surface area contributed by atoms with Crippen LogP contribution in [0.4, 0.5) is 10.3 Å². The lowest BCUT2D eigenvalue weighted by Crippen LogP contribution is -2.24. The van der Waals surface area contributed by atoms with Gasteiger partial charge in [0.2, 0.25) is 5.95 Å². The highest BCUT2D eigenvalue weighted by molar-refractivity contribution is 5.41. The number of nitrogens with one attached hydrogen (secondary N) is 2. The Morgan fingerprint density at radius 3 is 2.78 bits per heavy atom. The summed E-state index contributed by atoms with van der Waals surface area (Å²) in [6, 6.07) is 0. The van der Waals surface area contributed by atoms with Crippen LogP contribution >= 0.6 is 0 Å². The Balaban J connectivity index is 2.21. The Kier molecular flexibility index (Phi) is 8.01. The summed E-state index contributed by atoms with van der Waals surface area (Å²) in [7, 11) is 0. The van der Waals surface area contributed by atoms with Gasteiger partial charge in [0.05, 0.1) is 0 Å². The minimum Gasteiger partial charge on any atom is -0.371 e. The number of hydrogen-bond donors (Lipinski definition) is 2. The van der Waals surface area contributed by atoms with Crippen LogP contribution in [0.3, 0.4) is 0 Å². The first-order valence-corrected chi connectivity index (χ1v) is 10.0. The maximum absolute atomic E-state index is 14.9. The third-order valence-electron chi connectivity index (χ3n) is 4.83. The van der Waals surface area contributed by atoms with Crippen molar-refractivity contribution in [2.75, 3.05) is 11.9 Å². The molecule has 1 aromatic rings. The Bertz CT molecular complexity index is 704. The predicted molar refractivity (Wildman–Crippen MR) is 111 cm³/mol. The van der Waals surface area contributed by atoms with Gasteiger partial charge in [-0.05, 0) is 52.0 Å². The third kappa shape index (κ3) is 6.49. The van der Waals surface area contributed by atoms with Gasteiger partial charge in [0, 0.05) is 24.0 Å². The summed E-state index contributed by atoms with van der Waals surface area (Å²) in [5, 5.41) is 6.74. The minimum absolute atomic E-state index is 0.466. The van der Waals surface area contributed by atoms with Gasteiger partial charge in [-0.15, -0.1) is 0 Å². The smallest absolute Gasteiger partial charge is 0.228 e. The first kappa shape index (κ1) is 21.1. The van der Waals surface area contributed by atoms with Crippen molar-refractivity contribution in [3.05, 3.63) is 53.2 Å². The molecule has 2 N–H and O–H groups in total. The lowest BCUT2D eigenvalue weighted by molar-refractivity contribution is 0.173. The van der Waals surface area contributed by atoms with Gasteiger partial charge >= 0.3 is 0 Å². The van der Waals surface area contributed by atoms with E-state index in [-0.39, 0.29) is 0 Å². The van der Waals surface area contributed by atoms with Gasteiger partial charge in [-0.2, -0.15) is 0 Å². The number of nitrogens with zero attached hydrogens (tertiary/aromatic N) is 2. The lowest BCUT2D eigenvalue weighted by atomic mass is 9.93. The molecule has 0 bridgehead atoms. The Morgan fingerprint density at radius 2 is 2.04 bits per heavy atom. The van der Waals surface area contributed by atoms with Crippen LogP contribution in [0.5, 0.6) is 0 Å². The number of rotatable bonds is 5. The number of aryl methyl sites for hydroxylation is 1. The number of aromatic nitrogens is 2. The summed E-state index contributed by atoms with van der Waals surface area (Å²) in [6.45, 7) is 8.38. The van der Waals surface area contributed by atoms with Crippen molar-refractivity contribution in [1.29, 1.82) is 0 Å². The standard InChI is InChI=1S/C22H33FN4/c1-5-14-22(4,23)19-16-25-21(26-18(19)3)27-20-17(2)13-11-9-7-6-8-10-12-15-24-20/h7,9,11,13,16,24H,5-6,8,10,12,14-15H2,1-4H3,(H,25,26,27)/b9-7-,13-11-,20-17-. The van der Waals surface area contributed by atoms with Crippen LogP contribution in [0.1, 0.15) is 70.6 Å². The highest BCUT2D eigenvalue weighted by Gasteiger charge is 2.27. The zero-order chi connectivity index (χ0) is 19.7. The minimum atomic E-state index is -1.40. The lowest BCUT2D eigenvalue weighted by Gasteiger charge is -2.22. The van der Waals surface area contributed by atoms with E-state index in [0.717, 1.165) is 37.2 Å². The second-order valence-corrected chi connectivity index (χ2v) is 7.39. The molecule has 0 saturated carbocycles. The number of allylic oxidation sites excluding steroid dienone is 5. The van der Waals surface area contributed by atoms with Crippen LogP contribution in [0.2, 0.25) is 0 Å². The first-order valence-electron chi connectivity index (χ1n) is 10.0. The fourth-order valence-electron chi connectivity index (χ4n) is 3.27. The Hall–Kier alpha value is -2.17.